The molecule has 0 aliphatic rings. The lowest BCUT2D eigenvalue weighted by molar-refractivity contribution is -0.425. The number of imidazole rings is 1. The first-order valence-corrected chi connectivity index (χ1v) is 4.67. The fourth-order valence-corrected chi connectivity index (χ4v) is 1.17. The number of rotatable bonds is 4. The van der Waals surface area contributed by atoms with E-state index < -0.39 is 35.6 Å². The lowest BCUT2D eigenvalue weighted by Gasteiger charge is -2.36. The molecule has 0 saturated carbocycles. The van der Waals surface area contributed by atoms with Gasteiger partial charge in [0.1, 0.15) is 5.69 Å². The van der Waals surface area contributed by atoms with E-state index in [4.69, 9.17) is 0 Å². The highest BCUT2D eigenvalue weighted by molar-refractivity contribution is 5.15. The van der Waals surface area contributed by atoms with Gasteiger partial charge in [0.05, 0.1) is 12.5 Å². The molecule has 1 aromatic rings. The molecule has 0 aliphatic carbocycles. The number of halogens is 11. The Bertz CT molecular complexity index is 487. The minimum atomic E-state index is -7.41. The second-order valence-electron chi connectivity index (χ2n) is 3.76. The molecule has 0 spiro atoms. The van der Waals surface area contributed by atoms with Crippen molar-refractivity contribution in [2.24, 2.45) is 0 Å². The number of hydrogen-bond acceptors (Lipinski definition) is 1. The first-order valence-electron chi connectivity index (χ1n) is 4.67. The molecule has 122 valence electrons. The van der Waals surface area contributed by atoms with Crippen molar-refractivity contribution in [2.75, 3.05) is 0 Å². The van der Waals surface area contributed by atoms with Crippen molar-refractivity contribution in [3.63, 3.8) is 0 Å². The van der Waals surface area contributed by atoms with Gasteiger partial charge in [-0.1, -0.05) is 0 Å². The van der Waals surface area contributed by atoms with Gasteiger partial charge in [0, 0.05) is 0 Å². The largest absolute Gasteiger partial charge is 0.460 e. The molecule has 1 rings (SSSR count). The Hall–Kier alpha value is -1.56. The van der Waals surface area contributed by atoms with E-state index in [9.17, 15) is 48.3 Å². The summed E-state index contributed by atoms with van der Waals surface area (Å²) in [5.41, 5.74) is -2.05. The van der Waals surface area contributed by atoms with Crippen molar-refractivity contribution in [1.82, 2.24) is 9.97 Å². The summed E-state index contributed by atoms with van der Waals surface area (Å²) in [6.45, 7) is 0. The molecule has 0 radical (unpaired) electrons. The average Bonchev–Trinajstić information content (AvgIpc) is 2.80. The van der Waals surface area contributed by atoms with Gasteiger partial charge in [0.15, 0.2) is 0 Å². The first kappa shape index (κ1) is 17.5. The second-order valence-corrected chi connectivity index (χ2v) is 3.76. The molecular weight excluding hydrogens is 333 g/mol. The van der Waals surface area contributed by atoms with Gasteiger partial charge in [-0.2, -0.15) is 48.3 Å². The van der Waals surface area contributed by atoms with Gasteiger partial charge in [-0.05, 0) is 0 Å². The van der Waals surface area contributed by atoms with Crippen molar-refractivity contribution >= 4 is 0 Å². The zero-order valence-corrected chi connectivity index (χ0v) is 9.26. The molecule has 0 fully saturated rings. The van der Waals surface area contributed by atoms with Crippen LogP contribution in [0.1, 0.15) is 5.69 Å². The lowest BCUT2D eigenvalue weighted by Crippen LogP contribution is -2.65. The van der Waals surface area contributed by atoms with Gasteiger partial charge in [-0.25, -0.2) is 4.98 Å². The molecule has 21 heavy (non-hydrogen) atoms. The zero-order chi connectivity index (χ0) is 16.9. The topological polar surface area (TPSA) is 28.7 Å². The van der Waals surface area contributed by atoms with Crippen molar-refractivity contribution < 1.29 is 48.3 Å². The van der Waals surface area contributed by atoms with Crippen molar-refractivity contribution in [3.05, 3.63) is 18.2 Å². The molecule has 0 amide bonds. The normalized spacial score (nSPS) is 15.4. The smallest absolute Gasteiger partial charge is 0.343 e. The number of aromatic amines is 1. The Morgan fingerprint density at radius 3 is 1.52 bits per heavy atom. The van der Waals surface area contributed by atoms with Crippen LogP contribution in [0.4, 0.5) is 48.3 Å². The van der Waals surface area contributed by atoms with Gasteiger partial charge in [-0.3, -0.25) is 0 Å². The molecule has 0 unspecified atom stereocenters. The summed E-state index contributed by atoms with van der Waals surface area (Å²) in [6.07, 6.45) is -6.96. The maximum Gasteiger partial charge on any atom is 0.460 e. The SMILES string of the molecule is FC(F)(F)C(F)(F)C(F)(F)C(F)(F)C(F)(F)c1cnc[nH]1. The zero-order valence-electron chi connectivity index (χ0n) is 9.26. The van der Waals surface area contributed by atoms with Crippen LogP contribution in [0.2, 0.25) is 0 Å². The van der Waals surface area contributed by atoms with Crippen molar-refractivity contribution in [2.45, 2.75) is 29.9 Å². The highest BCUT2D eigenvalue weighted by atomic mass is 19.4. The molecule has 1 heterocycles. The van der Waals surface area contributed by atoms with Gasteiger partial charge in [0.25, 0.3) is 0 Å². The number of nitrogens with zero attached hydrogens (tertiary/aromatic N) is 1. The maximum absolute atomic E-state index is 13.2. The van der Waals surface area contributed by atoms with E-state index in [0.717, 1.165) is 0 Å². The second kappa shape index (κ2) is 4.47. The number of H-pyrrole nitrogens is 1. The molecule has 0 saturated heterocycles. The molecule has 0 atom stereocenters. The fraction of sp³-hybridized carbons (Fsp3) is 0.625. The molecule has 1 aromatic heterocycles. The Morgan fingerprint density at radius 2 is 1.19 bits per heavy atom. The number of hydrogen-bond donors (Lipinski definition) is 1. The van der Waals surface area contributed by atoms with Crippen LogP contribution in [-0.4, -0.2) is 33.9 Å². The summed E-state index contributed by atoms with van der Waals surface area (Å²) >= 11 is 0. The summed E-state index contributed by atoms with van der Waals surface area (Å²) in [5.74, 6) is -27.9. The third-order valence-electron chi connectivity index (χ3n) is 2.38. The predicted octanol–water partition coefficient (Wildman–Crippen LogP) is 3.97. The van der Waals surface area contributed by atoms with Gasteiger partial charge in [0.2, 0.25) is 0 Å². The lowest BCUT2D eigenvalue weighted by atomic mass is 9.96. The standard InChI is InChI=1S/C8H3F11N2/c9-4(10,3-1-20-2-21-3)5(11,12)6(13,14)7(15,16)8(17,18)19/h1-2H,(H,20,21). The third-order valence-corrected chi connectivity index (χ3v) is 2.38. The summed E-state index contributed by atoms with van der Waals surface area (Å²) in [7, 11) is 0. The minimum Gasteiger partial charge on any atom is -0.343 e. The number of nitrogens with one attached hydrogen (secondary N) is 1. The van der Waals surface area contributed by atoms with Crippen LogP contribution in [0.15, 0.2) is 12.5 Å². The van der Waals surface area contributed by atoms with E-state index in [1.165, 1.54) is 4.98 Å². The van der Waals surface area contributed by atoms with Crippen LogP contribution < -0.4 is 0 Å². The van der Waals surface area contributed by atoms with E-state index in [0.29, 0.717) is 6.33 Å². The third kappa shape index (κ3) is 2.21. The van der Waals surface area contributed by atoms with Gasteiger partial charge in [-0.15, -0.1) is 0 Å². The van der Waals surface area contributed by atoms with Crippen LogP contribution >= 0.6 is 0 Å². The molecule has 0 bridgehead atoms. The maximum atomic E-state index is 13.2. The summed E-state index contributed by atoms with van der Waals surface area (Å²) < 4.78 is 138. The van der Waals surface area contributed by atoms with E-state index in [-0.39, 0.29) is 6.20 Å². The van der Waals surface area contributed by atoms with E-state index in [1.54, 1.807) is 0 Å². The van der Waals surface area contributed by atoms with E-state index in [1.807, 2.05) is 0 Å². The highest BCUT2D eigenvalue weighted by Crippen LogP contribution is 2.59. The molecule has 13 heteroatoms. The number of alkyl halides is 11. The van der Waals surface area contributed by atoms with Crippen molar-refractivity contribution in [1.29, 1.82) is 0 Å². The van der Waals surface area contributed by atoms with Gasteiger partial charge >= 0.3 is 29.9 Å². The molecular formula is C8H3F11N2. The quantitative estimate of drug-likeness (QED) is 0.828. The van der Waals surface area contributed by atoms with Crippen LogP contribution in [0.3, 0.4) is 0 Å². The molecule has 1 N–H and O–H groups in total. The fourth-order valence-electron chi connectivity index (χ4n) is 1.17. The van der Waals surface area contributed by atoms with E-state index >= 15 is 0 Å². The summed E-state index contributed by atoms with van der Waals surface area (Å²) in [6, 6.07) is 0. The van der Waals surface area contributed by atoms with Crippen molar-refractivity contribution in [3.8, 4) is 0 Å². The Kier molecular flexibility index (Phi) is 3.72. The highest BCUT2D eigenvalue weighted by Gasteiger charge is 2.87. The van der Waals surface area contributed by atoms with Gasteiger partial charge < -0.3 is 4.98 Å². The monoisotopic (exact) mass is 336 g/mol. The van der Waals surface area contributed by atoms with Crippen LogP contribution in [0, 0.1) is 0 Å². The summed E-state index contributed by atoms with van der Waals surface area (Å²) in [4.78, 5) is 4.02. The Balaban J connectivity index is 3.41. The van der Waals surface area contributed by atoms with E-state index in [2.05, 4.69) is 4.98 Å². The Morgan fingerprint density at radius 1 is 0.714 bits per heavy atom. The predicted molar refractivity (Wildman–Crippen MR) is 43.4 cm³/mol. The first-order chi connectivity index (χ1) is 9.11. The van der Waals surface area contributed by atoms with Crippen LogP contribution in [-0.2, 0) is 5.92 Å². The number of aromatic nitrogens is 2. The molecule has 0 aromatic carbocycles. The average molecular weight is 336 g/mol. The summed E-state index contributed by atoms with van der Waals surface area (Å²) in [5, 5.41) is 0. The molecule has 0 aliphatic heterocycles. The molecule has 2 nitrogen and oxygen atoms in total. The van der Waals surface area contributed by atoms with Crippen LogP contribution in [0.25, 0.3) is 0 Å². The Labute approximate surface area is 108 Å². The van der Waals surface area contributed by atoms with Crippen LogP contribution in [0.5, 0.6) is 0 Å². The minimum absolute atomic E-state index is 0.115.